The average molecular weight is 383 g/mol. The van der Waals surface area contributed by atoms with Gasteiger partial charge in [0.05, 0.1) is 21.1 Å². The van der Waals surface area contributed by atoms with Crippen LogP contribution in [0.5, 0.6) is 0 Å². The molecule has 0 saturated heterocycles. The zero-order valence-corrected chi connectivity index (χ0v) is 14.4. The van der Waals surface area contributed by atoms with Crippen LogP contribution in [0.4, 0.5) is 10.5 Å². The van der Waals surface area contributed by atoms with E-state index >= 15 is 0 Å². The molecule has 0 heterocycles. The predicted molar refractivity (Wildman–Crippen MR) is 72.3 cm³/mol. The molecular weight excluding hydrogens is 363 g/mol. The van der Waals surface area contributed by atoms with E-state index in [-0.39, 0.29) is 24.0 Å². The molecule has 0 N–H and O–H groups in total. The van der Waals surface area contributed by atoms with E-state index in [0.29, 0.717) is 0 Å². The number of rotatable bonds is 1. The largest absolute Gasteiger partial charge is 1.00 e. The maximum absolute atomic E-state index is 9.51. The quantitative estimate of drug-likeness (QED) is 0.349. The Bertz CT molecular complexity index is 379. The third-order valence-corrected chi connectivity index (χ3v) is 2.25. The molecule has 0 fully saturated rings. The van der Waals surface area contributed by atoms with Gasteiger partial charge in [0.2, 0.25) is 0 Å². The molecule has 18 heavy (non-hydrogen) atoms. The third kappa shape index (κ3) is 8.60. The fourth-order valence-electron chi connectivity index (χ4n) is 0.910. The molecule has 0 saturated carbocycles. The number of nitrogens with zero attached hydrogens (tertiary/aromatic N) is 2. The molecule has 104 valence electrons. The average Bonchev–Trinajstić information content (AvgIpc) is 2.17. The summed E-state index contributed by atoms with van der Waals surface area (Å²) in [6, 6.07) is 8.21. The van der Waals surface area contributed by atoms with Gasteiger partial charge in [-0.1, -0.05) is 6.07 Å². The van der Waals surface area contributed by atoms with E-state index in [2.05, 4.69) is 45.9 Å². The minimum atomic E-state index is -1.16. The summed E-state index contributed by atoms with van der Waals surface area (Å²) in [6.07, 6.45) is -1.16. The lowest BCUT2D eigenvalue weighted by molar-refractivity contribution is -0.262. The summed E-state index contributed by atoms with van der Waals surface area (Å²) in [5.74, 6) is 0. The van der Waals surface area contributed by atoms with Crippen molar-refractivity contribution in [3.8, 4) is 0 Å². The molecule has 0 aliphatic heterocycles. The smallest absolute Gasteiger partial charge is 0.136 e. The summed E-state index contributed by atoms with van der Waals surface area (Å²) in [5.41, 5.74) is 1.28. The van der Waals surface area contributed by atoms with E-state index in [4.69, 9.17) is 0 Å². The highest BCUT2D eigenvalue weighted by Gasteiger charge is 2.10. The van der Waals surface area contributed by atoms with Crippen molar-refractivity contribution in [3.05, 3.63) is 24.3 Å². The molecule has 0 aromatic heterocycles. The fourth-order valence-corrected chi connectivity index (χ4v) is 1.13. The van der Waals surface area contributed by atoms with E-state index < -0.39 is 6.09 Å². The van der Waals surface area contributed by atoms with Gasteiger partial charge in [-0.3, -0.25) is 4.48 Å². The molecule has 0 bridgehead atoms. The van der Waals surface area contributed by atoms with Crippen molar-refractivity contribution >= 4 is 24.4 Å². The summed E-state index contributed by atoms with van der Waals surface area (Å²) in [6.45, 7) is 0. The van der Waals surface area contributed by atoms with Crippen LogP contribution in [0.15, 0.2) is 29.2 Å². The number of thiol groups is 1. The molecule has 4 nitrogen and oxygen atoms in total. The van der Waals surface area contributed by atoms with Crippen LogP contribution in [-0.2, 0) is 0 Å². The SMILES string of the molecule is CN(C)C(=O)[O-].C[N+](C)(C)c1cccc(S)c1.[I-]. The Labute approximate surface area is 132 Å². The first-order chi connectivity index (χ1) is 7.64. The maximum atomic E-state index is 9.51. The van der Waals surface area contributed by atoms with Crippen molar-refractivity contribution in [2.75, 3.05) is 35.2 Å². The van der Waals surface area contributed by atoms with Gasteiger partial charge >= 0.3 is 0 Å². The Morgan fingerprint density at radius 1 is 1.28 bits per heavy atom. The number of carboxylic acid groups (broad SMARTS) is 1. The zero-order valence-electron chi connectivity index (χ0n) is 11.3. The highest BCUT2D eigenvalue weighted by atomic mass is 127. The highest BCUT2D eigenvalue weighted by Crippen LogP contribution is 2.19. The lowest BCUT2D eigenvalue weighted by atomic mass is 10.3. The Morgan fingerprint density at radius 2 is 1.72 bits per heavy atom. The molecule has 0 aliphatic rings. The number of carbonyl (C=O) groups excluding carboxylic acids is 1. The third-order valence-electron chi connectivity index (χ3n) is 1.97. The van der Waals surface area contributed by atoms with Crippen LogP contribution < -0.4 is 33.6 Å². The van der Waals surface area contributed by atoms with Crippen LogP contribution in [0.1, 0.15) is 0 Å². The lowest BCUT2D eigenvalue weighted by Gasteiger charge is -2.23. The zero-order chi connectivity index (χ0) is 13.6. The van der Waals surface area contributed by atoms with Crippen molar-refractivity contribution in [1.29, 1.82) is 0 Å². The number of benzene rings is 1. The van der Waals surface area contributed by atoms with Gasteiger partial charge in [0.25, 0.3) is 0 Å². The second-order valence-corrected chi connectivity index (χ2v) is 5.21. The maximum Gasteiger partial charge on any atom is 0.136 e. The van der Waals surface area contributed by atoms with E-state index in [0.717, 1.165) is 14.3 Å². The van der Waals surface area contributed by atoms with Crippen molar-refractivity contribution in [2.24, 2.45) is 0 Å². The van der Waals surface area contributed by atoms with Gasteiger partial charge in [-0.25, -0.2) is 0 Å². The summed E-state index contributed by atoms with van der Waals surface area (Å²) in [7, 11) is 9.25. The Kier molecular flexibility index (Phi) is 9.49. The second kappa shape index (κ2) is 8.60. The Hall–Kier alpha value is -0.470. The number of hydrogen-bond acceptors (Lipinski definition) is 3. The summed E-state index contributed by atoms with van der Waals surface area (Å²) < 4.78 is 0.842. The number of amides is 1. The second-order valence-electron chi connectivity index (χ2n) is 4.69. The molecule has 1 aromatic carbocycles. The van der Waals surface area contributed by atoms with Crippen molar-refractivity contribution in [3.63, 3.8) is 0 Å². The number of quaternary nitrogens is 1. The molecule has 1 aromatic rings. The standard InChI is InChI=1S/C9H13NS.C3H7NO2.HI/c1-10(2,3)8-5-4-6-9(11)7-8;1-4(2)3(5)6;/h4-7H,1-3H3;1-2H3,(H,5,6);1H/p-1. The number of hydrogen-bond donors (Lipinski definition) is 1. The van der Waals surface area contributed by atoms with Crippen LogP contribution >= 0.6 is 12.6 Å². The molecule has 1 amide bonds. The fraction of sp³-hybridized carbons (Fsp3) is 0.417. The Morgan fingerprint density at radius 3 is 1.94 bits per heavy atom. The van der Waals surface area contributed by atoms with Crippen molar-refractivity contribution in [2.45, 2.75) is 4.90 Å². The van der Waals surface area contributed by atoms with Crippen LogP contribution in [0.2, 0.25) is 0 Å². The van der Waals surface area contributed by atoms with Gasteiger partial charge < -0.3 is 38.8 Å². The van der Waals surface area contributed by atoms with E-state index in [1.807, 2.05) is 12.1 Å². The molecule has 0 spiro atoms. The van der Waals surface area contributed by atoms with Gasteiger partial charge in [0.15, 0.2) is 0 Å². The topological polar surface area (TPSA) is 43.4 Å². The lowest BCUT2D eigenvalue weighted by Crippen LogP contribution is -3.00. The first-order valence-electron chi connectivity index (χ1n) is 5.14. The summed E-state index contributed by atoms with van der Waals surface area (Å²) >= 11 is 4.28. The van der Waals surface area contributed by atoms with E-state index in [9.17, 15) is 9.90 Å². The minimum Gasteiger partial charge on any atom is -1.00 e. The molecule has 0 radical (unpaired) electrons. The molecule has 6 heteroatoms. The van der Waals surface area contributed by atoms with Crippen LogP contribution in [0, 0.1) is 0 Å². The molecule has 0 aliphatic carbocycles. The van der Waals surface area contributed by atoms with Crippen LogP contribution in [-0.4, -0.2) is 46.2 Å². The van der Waals surface area contributed by atoms with Crippen molar-refractivity contribution in [1.82, 2.24) is 9.38 Å². The van der Waals surface area contributed by atoms with Gasteiger partial charge in [-0.05, 0) is 12.1 Å². The summed E-state index contributed by atoms with van der Waals surface area (Å²) in [5, 5.41) is 9.51. The van der Waals surface area contributed by atoms with E-state index in [1.165, 1.54) is 19.8 Å². The van der Waals surface area contributed by atoms with Crippen LogP contribution in [0.3, 0.4) is 0 Å². The van der Waals surface area contributed by atoms with Crippen molar-refractivity contribution < 1.29 is 33.9 Å². The van der Waals surface area contributed by atoms with Gasteiger partial charge in [-0.2, -0.15) is 0 Å². The first-order valence-corrected chi connectivity index (χ1v) is 5.58. The predicted octanol–water partition coefficient (Wildman–Crippen LogP) is -1.93. The number of halogens is 1. The minimum absolute atomic E-state index is 0. The molecule has 1 rings (SSSR count). The van der Waals surface area contributed by atoms with Crippen LogP contribution in [0.25, 0.3) is 0 Å². The molecule has 0 unspecified atom stereocenters. The normalized spacial score (nSPS) is 9.67. The van der Waals surface area contributed by atoms with Gasteiger partial charge in [-0.15, -0.1) is 12.6 Å². The summed E-state index contributed by atoms with van der Waals surface area (Å²) in [4.78, 5) is 11.5. The molecule has 0 atom stereocenters. The van der Waals surface area contributed by atoms with Gasteiger partial charge in [0, 0.05) is 25.1 Å². The monoisotopic (exact) mass is 383 g/mol. The highest BCUT2D eigenvalue weighted by molar-refractivity contribution is 7.80. The first kappa shape index (κ1) is 19.9. The molecular formula is C12H20IN2O2S-. The van der Waals surface area contributed by atoms with E-state index in [1.54, 1.807) is 0 Å². The van der Waals surface area contributed by atoms with Gasteiger partial charge in [0.1, 0.15) is 11.8 Å². The Balaban J connectivity index is 0. The number of carbonyl (C=O) groups is 1.